The molecule has 36 heavy (non-hydrogen) atoms. The highest BCUT2D eigenvalue weighted by atomic mass is 35.5. The molecule has 11 heteroatoms. The van der Waals surface area contributed by atoms with Crippen molar-refractivity contribution >= 4 is 44.5 Å². The van der Waals surface area contributed by atoms with Crippen LogP contribution >= 0.6 is 11.6 Å². The second-order valence-electron chi connectivity index (χ2n) is 9.10. The molecule has 1 heterocycles. The molecule has 0 bridgehead atoms. The Labute approximate surface area is 214 Å². The van der Waals surface area contributed by atoms with Crippen molar-refractivity contribution < 1.29 is 22.3 Å². The Bertz CT molecular complexity index is 1470. The van der Waals surface area contributed by atoms with Crippen LogP contribution in [0.5, 0.6) is 11.5 Å². The first kappa shape index (κ1) is 27.1. The van der Waals surface area contributed by atoms with Gasteiger partial charge in [0, 0.05) is 41.9 Å². The lowest BCUT2D eigenvalue weighted by molar-refractivity contribution is -0.119. The molecule has 0 unspecified atom stereocenters. The summed E-state index contributed by atoms with van der Waals surface area (Å²) in [7, 11) is -3.47. The van der Waals surface area contributed by atoms with Gasteiger partial charge in [-0.15, -0.1) is 0 Å². The number of carbonyl (C=O) groups is 1. The maximum absolute atomic E-state index is 14.9. The summed E-state index contributed by atoms with van der Waals surface area (Å²) in [5.41, 5.74) is 0.484. The molecule has 190 valence electrons. The second kappa shape index (κ2) is 10.6. The van der Waals surface area contributed by atoms with E-state index in [4.69, 9.17) is 21.7 Å². The predicted molar refractivity (Wildman–Crippen MR) is 138 cm³/mol. The first-order valence-electron chi connectivity index (χ1n) is 10.8. The molecule has 0 radical (unpaired) electrons. The SMILES string of the molecule is CC(C)(C)N/C=C(\C=N)NC(=O)Cc1cc(Cl)c(Oc2ccnc3ccc(S(C)(=O)=O)cc23)cc1F. The number of carbonyl (C=O) groups excluding carboxylic acids is 1. The molecular formula is C25H26ClFN4O4S. The Morgan fingerprint density at radius 2 is 1.92 bits per heavy atom. The highest BCUT2D eigenvalue weighted by Gasteiger charge is 2.17. The minimum absolute atomic E-state index is 0.00922. The minimum atomic E-state index is -3.47. The van der Waals surface area contributed by atoms with Gasteiger partial charge in [-0.3, -0.25) is 9.78 Å². The van der Waals surface area contributed by atoms with Crippen molar-refractivity contribution in [1.82, 2.24) is 15.6 Å². The average Bonchev–Trinajstić information content (AvgIpc) is 2.78. The van der Waals surface area contributed by atoms with Gasteiger partial charge in [0.15, 0.2) is 9.84 Å². The van der Waals surface area contributed by atoms with Crippen LogP contribution < -0.4 is 15.4 Å². The summed E-state index contributed by atoms with van der Waals surface area (Å²) in [5.74, 6) is -1.01. The van der Waals surface area contributed by atoms with E-state index in [1.165, 1.54) is 36.7 Å². The van der Waals surface area contributed by atoms with Gasteiger partial charge < -0.3 is 20.8 Å². The van der Waals surface area contributed by atoms with Gasteiger partial charge in [-0.2, -0.15) is 0 Å². The molecule has 3 rings (SSSR count). The van der Waals surface area contributed by atoms with Gasteiger partial charge in [-0.05, 0) is 56.7 Å². The first-order chi connectivity index (χ1) is 16.8. The van der Waals surface area contributed by atoms with Crippen LogP contribution in [0.15, 0.2) is 59.4 Å². The number of nitrogens with zero attached hydrogens (tertiary/aromatic N) is 1. The van der Waals surface area contributed by atoms with Crippen LogP contribution in [0.2, 0.25) is 5.02 Å². The Morgan fingerprint density at radius 1 is 1.19 bits per heavy atom. The molecule has 8 nitrogen and oxygen atoms in total. The fraction of sp³-hybridized carbons (Fsp3) is 0.240. The third-order valence-electron chi connectivity index (χ3n) is 4.87. The Kier molecular flexibility index (Phi) is 8.00. The van der Waals surface area contributed by atoms with E-state index in [0.29, 0.717) is 10.9 Å². The van der Waals surface area contributed by atoms with Crippen molar-refractivity contribution in [1.29, 1.82) is 5.41 Å². The van der Waals surface area contributed by atoms with Crippen LogP contribution in [0, 0.1) is 11.2 Å². The fourth-order valence-corrected chi connectivity index (χ4v) is 3.98. The molecule has 0 saturated heterocycles. The topological polar surface area (TPSA) is 121 Å². The number of allylic oxidation sites excluding steroid dienone is 1. The molecular weight excluding hydrogens is 507 g/mol. The van der Waals surface area contributed by atoms with Crippen molar-refractivity contribution in [3.05, 3.63) is 70.9 Å². The minimum Gasteiger partial charge on any atom is -0.455 e. The van der Waals surface area contributed by atoms with Gasteiger partial charge in [0.2, 0.25) is 5.91 Å². The third kappa shape index (κ3) is 7.02. The number of hydrogen-bond donors (Lipinski definition) is 3. The van der Waals surface area contributed by atoms with Crippen molar-refractivity contribution in [3.63, 3.8) is 0 Å². The van der Waals surface area contributed by atoms with Gasteiger partial charge >= 0.3 is 0 Å². The summed E-state index contributed by atoms with van der Waals surface area (Å²) < 4.78 is 44.6. The van der Waals surface area contributed by atoms with Crippen molar-refractivity contribution in [2.75, 3.05) is 6.26 Å². The number of sulfone groups is 1. The molecule has 0 aliphatic rings. The highest BCUT2D eigenvalue weighted by molar-refractivity contribution is 7.90. The van der Waals surface area contributed by atoms with E-state index in [1.54, 1.807) is 6.07 Å². The average molecular weight is 533 g/mol. The largest absolute Gasteiger partial charge is 0.455 e. The Hall–Kier alpha value is -3.50. The van der Waals surface area contributed by atoms with E-state index in [9.17, 15) is 17.6 Å². The normalized spacial score (nSPS) is 12.3. The summed E-state index contributed by atoms with van der Waals surface area (Å²) in [4.78, 5) is 16.7. The van der Waals surface area contributed by atoms with E-state index in [0.717, 1.165) is 18.5 Å². The number of fused-ring (bicyclic) bond motifs is 1. The van der Waals surface area contributed by atoms with Crippen LogP contribution in [-0.2, 0) is 21.1 Å². The zero-order valence-corrected chi connectivity index (χ0v) is 21.7. The lowest BCUT2D eigenvalue weighted by Gasteiger charge is -2.19. The van der Waals surface area contributed by atoms with Gasteiger partial charge in [-0.1, -0.05) is 11.6 Å². The lowest BCUT2D eigenvalue weighted by Crippen LogP contribution is -2.34. The van der Waals surface area contributed by atoms with E-state index >= 15 is 0 Å². The van der Waals surface area contributed by atoms with Crippen molar-refractivity contribution in [2.24, 2.45) is 0 Å². The second-order valence-corrected chi connectivity index (χ2v) is 11.5. The van der Waals surface area contributed by atoms with Crippen LogP contribution in [0.1, 0.15) is 26.3 Å². The summed E-state index contributed by atoms with van der Waals surface area (Å²) in [6, 6.07) is 8.29. The zero-order valence-electron chi connectivity index (χ0n) is 20.1. The number of amides is 1. The molecule has 0 aliphatic carbocycles. The number of hydrogen-bond acceptors (Lipinski definition) is 7. The van der Waals surface area contributed by atoms with E-state index in [1.807, 2.05) is 20.8 Å². The molecule has 1 amide bonds. The smallest absolute Gasteiger partial charge is 0.228 e. The van der Waals surface area contributed by atoms with E-state index in [2.05, 4.69) is 15.6 Å². The summed E-state index contributed by atoms with van der Waals surface area (Å²) in [6.07, 6.45) is 4.73. The van der Waals surface area contributed by atoms with Crippen LogP contribution in [0.3, 0.4) is 0 Å². The third-order valence-corrected chi connectivity index (χ3v) is 6.28. The number of pyridine rings is 1. The van der Waals surface area contributed by atoms with Gasteiger partial charge in [0.25, 0.3) is 0 Å². The number of aromatic nitrogens is 1. The molecule has 0 aliphatic heterocycles. The van der Waals surface area contributed by atoms with Gasteiger partial charge in [0.05, 0.1) is 27.6 Å². The summed E-state index contributed by atoms with van der Waals surface area (Å²) in [6.45, 7) is 5.77. The maximum atomic E-state index is 14.9. The zero-order chi connectivity index (χ0) is 26.7. The Morgan fingerprint density at radius 3 is 2.56 bits per heavy atom. The molecule has 2 aromatic carbocycles. The monoisotopic (exact) mass is 532 g/mol. The van der Waals surface area contributed by atoms with Gasteiger partial charge in [0.1, 0.15) is 17.3 Å². The molecule has 3 aromatic rings. The standard InChI is InChI=1S/C25H26ClFN4O4S/c1-25(2,3)30-14-16(13-28)31-24(32)10-15-9-19(26)23(12-20(15)27)35-22-7-8-29-21-6-5-17(11-18(21)22)36(4,33)34/h5-9,11-14,28,30H,10H2,1-4H3,(H,31,32)/b16-14+,28-13?. The highest BCUT2D eigenvalue weighted by Crippen LogP contribution is 2.35. The lowest BCUT2D eigenvalue weighted by atomic mass is 10.1. The van der Waals surface area contributed by atoms with Crippen LogP contribution in [-0.4, -0.2) is 37.3 Å². The van der Waals surface area contributed by atoms with E-state index < -0.39 is 21.6 Å². The molecule has 0 saturated carbocycles. The van der Waals surface area contributed by atoms with Crippen molar-refractivity contribution in [2.45, 2.75) is 37.6 Å². The molecule has 0 spiro atoms. The Balaban J connectivity index is 1.83. The fourth-order valence-electron chi connectivity index (χ4n) is 3.11. The maximum Gasteiger partial charge on any atom is 0.228 e. The molecule has 0 fully saturated rings. The first-order valence-corrected chi connectivity index (χ1v) is 13.1. The van der Waals surface area contributed by atoms with Gasteiger partial charge in [-0.25, -0.2) is 12.8 Å². The van der Waals surface area contributed by atoms with Crippen LogP contribution in [0.4, 0.5) is 4.39 Å². The number of nitrogens with one attached hydrogen (secondary N) is 3. The number of benzene rings is 2. The number of halogens is 2. The quantitative estimate of drug-likeness (QED) is 0.360. The predicted octanol–water partition coefficient (Wildman–Crippen LogP) is 4.76. The molecule has 1 aromatic heterocycles. The summed E-state index contributed by atoms with van der Waals surface area (Å²) >= 11 is 6.33. The number of rotatable bonds is 8. The summed E-state index contributed by atoms with van der Waals surface area (Å²) in [5, 5.41) is 13.5. The van der Waals surface area contributed by atoms with Crippen molar-refractivity contribution in [3.8, 4) is 11.5 Å². The van der Waals surface area contributed by atoms with E-state index in [-0.39, 0.29) is 44.6 Å². The van der Waals surface area contributed by atoms with Crippen LogP contribution in [0.25, 0.3) is 10.9 Å². The molecule has 0 atom stereocenters. The molecule has 3 N–H and O–H groups in total. The number of ether oxygens (including phenoxy) is 1.